The molecule has 1 saturated carbocycles. The average Bonchev–Trinajstić information content (AvgIpc) is 2.98. The van der Waals surface area contributed by atoms with E-state index < -0.39 is 0 Å². The van der Waals surface area contributed by atoms with Gasteiger partial charge in [-0.3, -0.25) is 0 Å². The minimum absolute atomic E-state index is 1.06. The summed E-state index contributed by atoms with van der Waals surface area (Å²) in [6.07, 6.45) is 6.85. The van der Waals surface area contributed by atoms with Crippen molar-refractivity contribution in [2.24, 2.45) is 5.92 Å². The molecular weight excluding hydrogens is 168 g/mol. The van der Waals surface area contributed by atoms with Crippen LogP contribution in [0.3, 0.4) is 0 Å². The summed E-state index contributed by atoms with van der Waals surface area (Å²) in [7, 11) is 0. The quantitative estimate of drug-likeness (QED) is 0.672. The molecule has 0 radical (unpaired) electrons. The highest BCUT2D eigenvalue weighted by Gasteiger charge is 2.20. The van der Waals surface area contributed by atoms with E-state index in [1.807, 2.05) is 0 Å². The summed E-state index contributed by atoms with van der Waals surface area (Å²) in [4.78, 5) is 0. The molecule has 1 aliphatic carbocycles. The van der Waals surface area contributed by atoms with Crippen molar-refractivity contribution in [3.63, 3.8) is 0 Å². The maximum absolute atomic E-state index is 2.38. The third-order valence-electron chi connectivity index (χ3n) is 3.26. The van der Waals surface area contributed by atoms with E-state index in [-0.39, 0.29) is 0 Å². The van der Waals surface area contributed by atoms with Crippen molar-refractivity contribution < 1.29 is 0 Å². The van der Waals surface area contributed by atoms with Crippen LogP contribution in [0.1, 0.15) is 42.9 Å². The predicted molar refractivity (Wildman–Crippen MR) is 61.6 cm³/mol. The summed E-state index contributed by atoms with van der Waals surface area (Å²) in [6, 6.07) is 6.91. The Labute approximate surface area is 87.3 Å². The van der Waals surface area contributed by atoms with E-state index >= 15 is 0 Å². The largest absolute Gasteiger partial charge is 0.0613 e. The Morgan fingerprint density at radius 2 is 2.00 bits per heavy atom. The molecule has 0 unspecified atom stereocenters. The highest BCUT2D eigenvalue weighted by molar-refractivity contribution is 5.31. The van der Waals surface area contributed by atoms with Gasteiger partial charge in [-0.15, -0.1) is 0 Å². The summed E-state index contributed by atoms with van der Waals surface area (Å²) in [5, 5.41) is 0. The lowest BCUT2D eigenvalue weighted by Gasteiger charge is -2.08. The van der Waals surface area contributed by atoms with E-state index in [0.717, 1.165) is 5.92 Å². The van der Waals surface area contributed by atoms with Crippen LogP contribution in [0.15, 0.2) is 18.2 Å². The van der Waals surface area contributed by atoms with E-state index in [2.05, 4.69) is 32.0 Å². The molecule has 0 nitrogen and oxygen atoms in total. The van der Waals surface area contributed by atoms with Gasteiger partial charge in [-0.05, 0) is 43.2 Å². The van der Waals surface area contributed by atoms with E-state index in [4.69, 9.17) is 0 Å². The first kappa shape index (κ1) is 9.76. The van der Waals surface area contributed by atoms with Crippen molar-refractivity contribution in [2.45, 2.75) is 46.0 Å². The molecule has 0 amide bonds. The van der Waals surface area contributed by atoms with E-state index in [1.165, 1.54) is 37.7 Å². The average molecular weight is 188 g/mol. The second kappa shape index (κ2) is 4.16. The summed E-state index contributed by atoms with van der Waals surface area (Å²) >= 11 is 0. The molecule has 0 heterocycles. The summed E-state index contributed by atoms with van der Waals surface area (Å²) in [5.41, 5.74) is 4.56. The van der Waals surface area contributed by atoms with Crippen LogP contribution in [-0.4, -0.2) is 0 Å². The van der Waals surface area contributed by atoms with Crippen LogP contribution in [0.2, 0.25) is 0 Å². The molecule has 0 aliphatic heterocycles. The van der Waals surface area contributed by atoms with Crippen molar-refractivity contribution in [1.29, 1.82) is 0 Å². The van der Waals surface area contributed by atoms with Crippen molar-refractivity contribution >= 4 is 0 Å². The van der Waals surface area contributed by atoms with Crippen LogP contribution in [0.4, 0.5) is 0 Å². The van der Waals surface area contributed by atoms with Crippen molar-refractivity contribution in [1.82, 2.24) is 0 Å². The molecule has 1 aliphatic rings. The van der Waals surface area contributed by atoms with Crippen LogP contribution >= 0.6 is 0 Å². The van der Waals surface area contributed by atoms with Gasteiger partial charge in [-0.1, -0.05) is 43.5 Å². The van der Waals surface area contributed by atoms with Gasteiger partial charge in [0.25, 0.3) is 0 Å². The molecule has 0 aromatic heterocycles. The summed E-state index contributed by atoms with van der Waals surface area (Å²) in [6.45, 7) is 4.45. The van der Waals surface area contributed by atoms with Gasteiger partial charge in [0.1, 0.15) is 0 Å². The molecule has 0 saturated heterocycles. The molecule has 1 aromatic rings. The minimum Gasteiger partial charge on any atom is -0.0613 e. The minimum atomic E-state index is 1.06. The lowest BCUT2D eigenvalue weighted by Crippen LogP contribution is -1.94. The first-order valence-corrected chi connectivity index (χ1v) is 5.88. The zero-order chi connectivity index (χ0) is 9.97. The number of hydrogen-bond donors (Lipinski definition) is 0. The van der Waals surface area contributed by atoms with Gasteiger partial charge < -0.3 is 0 Å². The predicted octanol–water partition coefficient (Wildman–Crippen LogP) is 3.90. The van der Waals surface area contributed by atoms with E-state index in [0.29, 0.717) is 0 Å². The Morgan fingerprint density at radius 3 is 2.64 bits per heavy atom. The Morgan fingerprint density at radius 1 is 1.21 bits per heavy atom. The Bertz CT molecular complexity index is 308. The molecule has 0 spiro atoms. The van der Waals surface area contributed by atoms with E-state index in [9.17, 15) is 0 Å². The van der Waals surface area contributed by atoms with Crippen molar-refractivity contribution in [3.8, 4) is 0 Å². The van der Waals surface area contributed by atoms with Crippen LogP contribution in [0.5, 0.6) is 0 Å². The zero-order valence-electron chi connectivity index (χ0n) is 9.34. The number of hydrogen-bond acceptors (Lipinski definition) is 0. The molecule has 76 valence electrons. The number of rotatable bonds is 4. The van der Waals surface area contributed by atoms with Gasteiger partial charge >= 0.3 is 0 Å². The van der Waals surface area contributed by atoms with Gasteiger partial charge in [0.05, 0.1) is 0 Å². The summed E-state index contributed by atoms with van der Waals surface area (Å²) in [5.74, 6) is 1.06. The van der Waals surface area contributed by atoms with Gasteiger partial charge in [0.2, 0.25) is 0 Å². The van der Waals surface area contributed by atoms with Crippen LogP contribution in [0.25, 0.3) is 0 Å². The third-order valence-corrected chi connectivity index (χ3v) is 3.26. The van der Waals surface area contributed by atoms with Gasteiger partial charge in [-0.25, -0.2) is 0 Å². The molecule has 0 N–H and O–H groups in total. The monoisotopic (exact) mass is 188 g/mol. The van der Waals surface area contributed by atoms with Gasteiger partial charge in [0.15, 0.2) is 0 Å². The third kappa shape index (κ3) is 2.37. The van der Waals surface area contributed by atoms with Crippen LogP contribution in [-0.2, 0) is 12.8 Å². The molecule has 1 aromatic carbocycles. The number of aryl methyl sites for hydroxylation is 3. The fourth-order valence-corrected chi connectivity index (χ4v) is 2.10. The molecule has 0 atom stereocenters. The Kier molecular flexibility index (Phi) is 2.90. The SMILES string of the molecule is CCc1ccc(C)cc1CCC1CC1. The normalized spacial score (nSPS) is 15.9. The fraction of sp³-hybridized carbons (Fsp3) is 0.571. The Balaban J connectivity index is 2.07. The lowest BCUT2D eigenvalue weighted by molar-refractivity contribution is 0.721. The standard InChI is InChI=1S/C14H20/c1-3-13-8-4-11(2)10-14(13)9-7-12-5-6-12/h4,8,10,12H,3,5-7,9H2,1-2H3. The maximum atomic E-state index is 2.38. The lowest BCUT2D eigenvalue weighted by atomic mass is 9.98. The van der Waals surface area contributed by atoms with Gasteiger partial charge in [-0.2, -0.15) is 0 Å². The molecule has 0 bridgehead atoms. The number of benzene rings is 1. The van der Waals surface area contributed by atoms with Gasteiger partial charge in [0, 0.05) is 0 Å². The first-order valence-electron chi connectivity index (χ1n) is 5.88. The topological polar surface area (TPSA) is 0 Å². The highest BCUT2D eigenvalue weighted by atomic mass is 14.3. The fourth-order valence-electron chi connectivity index (χ4n) is 2.10. The second-order valence-electron chi connectivity index (χ2n) is 4.61. The first-order chi connectivity index (χ1) is 6.79. The van der Waals surface area contributed by atoms with Crippen LogP contribution < -0.4 is 0 Å². The molecule has 1 fully saturated rings. The molecular formula is C14H20. The van der Waals surface area contributed by atoms with E-state index in [1.54, 1.807) is 11.1 Å². The smallest absolute Gasteiger partial charge is 0.0273 e. The second-order valence-corrected chi connectivity index (χ2v) is 4.61. The van der Waals surface area contributed by atoms with Crippen molar-refractivity contribution in [3.05, 3.63) is 34.9 Å². The molecule has 14 heavy (non-hydrogen) atoms. The maximum Gasteiger partial charge on any atom is -0.0273 e. The van der Waals surface area contributed by atoms with Crippen molar-refractivity contribution in [2.75, 3.05) is 0 Å². The molecule has 2 rings (SSSR count). The zero-order valence-corrected chi connectivity index (χ0v) is 9.34. The highest BCUT2D eigenvalue weighted by Crippen LogP contribution is 2.34. The molecule has 0 heteroatoms. The van der Waals surface area contributed by atoms with Crippen LogP contribution in [0, 0.1) is 12.8 Å². The Hall–Kier alpha value is -0.780. The summed E-state index contributed by atoms with van der Waals surface area (Å²) < 4.78 is 0.